The quantitative estimate of drug-likeness (QED) is 0.618. The number of carbonyl (C=O) groups is 2. The molecule has 0 aliphatic rings. The molecule has 22 heavy (non-hydrogen) atoms. The highest BCUT2D eigenvalue weighted by molar-refractivity contribution is 5.90. The van der Waals surface area contributed by atoms with E-state index in [0.29, 0.717) is 29.3 Å². The third-order valence-electron chi connectivity index (χ3n) is 2.91. The molecule has 1 aromatic carbocycles. The van der Waals surface area contributed by atoms with Gasteiger partial charge in [-0.25, -0.2) is 9.59 Å². The summed E-state index contributed by atoms with van der Waals surface area (Å²) in [6.07, 6.45) is -0.576. The summed E-state index contributed by atoms with van der Waals surface area (Å²) in [6.45, 7) is 7.35. The summed E-state index contributed by atoms with van der Waals surface area (Å²) in [5, 5.41) is 2.57. The second kappa shape index (κ2) is 8.11. The van der Waals surface area contributed by atoms with Gasteiger partial charge in [-0.15, -0.1) is 0 Å². The molecule has 0 bridgehead atoms. The number of benzene rings is 1. The number of anilines is 2. The molecule has 0 aliphatic heterocycles. The second-order valence-electron chi connectivity index (χ2n) is 4.55. The molecular formula is C15H22N2O5. The average Bonchev–Trinajstić information content (AvgIpc) is 2.45. The fourth-order valence-electron chi connectivity index (χ4n) is 1.92. The van der Waals surface area contributed by atoms with Crippen LogP contribution in [0.4, 0.5) is 16.2 Å². The number of aryl methyl sites for hydroxylation is 1. The fourth-order valence-corrected chi connectivity index (χ4v) is 1.92. The summed E-state index contributed by atoms with van der Waals surface area (Å²) in [6, 6.07) is 1.67. The van der Waals surface area contributed by atoms with Gasteiger partial charge in [0.2, 0.25) is 0 Å². The van der Waals surface area contributed by atoms with Crippen LogP contribution >= 0.6 is 0 Å². The van der Waals surface area contributed by atoms with E-state index in [1.165, 1.54) is 0 Å². The third kappa shape index (κ3) is 4.54. The number of hydrogen-bond donors (Lipinski definition) is 2. The van der Waals surface area contributed by atoms with Crippen LogP contribution in [0.1, 0.15) is 25.0 Å². The molecule has 1 rings (SSSR count). The van der Waals surface area contributed by atoms with Gasteiger partial charge in [-0.2, -0.15) is 0 Å². The van der Waals surface area contributed by atoms with Crippen LogP contribution in [-0.2, 0) is 14.3 Å². The predicted octanol–water partition coefficient (Wildman–Crippen LogP) is 2.40. The van der Waals surface area contributed by atoms with E-state index in [-0.39, 0.29) is 13.2 Å². The van der Waals surface area contributed by atoms with Gasteiger partial charge in [0.05, 0.1) is 24.6 Å². The van der Waals surface area contributed by atoms with Crippen molar-refractivity contribution in [1.82, 2.24) is 0 Å². The van der Waals surface area contributed by atoms with Gasteiger partial charge in [-0.3, -0.25) is 5.32 Å². The molecule has 122 valence electrons. The van der Waals surface area contributed by atoms with Crippen molar-refractivity contribution in [2.24, 2.45) is 0 Å². The summed E-state index contributed by atoms with van der Waals surface area (Å²) in [4.78, 5) is 22.8. The van der Waals surface area contributed by atoms with E-state index < -0.39 is 12.1 Å². The number of nitrogens with one attached hydrogen (secondary N) is 1. The Morgan fingerprint density at radius 2 is 1.82 bits per heavy atom. The molecule has 1 aromatic rings. The van der Waals surface area contributed by atoms with E-state index in [4.69, 9.17) is 19.9 Å². The summed E-state index contributed by atoms with van der Waals surface area (Å²) in [5.74, 6) is 0.0496. The Hall–Kier alpha value is -2.44. The zero-order valence-electron chi connectivity index (χ0n) is 13.3. The van der Waals surface area contributed by atoms with Crippen molar-refractivity contribution >= 4 is 23.4 Å². The summed E-state index contributed by atoms with van der Waals surface area (Å²) < 4.78 is 15.1. The van der Waals surface area contributed by atoms with Crippen LogP contribution in [-0.4, -0.2) is 31.9 Å². The number of nitrogens with two attached hydrogens (primary N) is 1. The molecule has 0 radical (unpaired) electrons. The van der Waals surface area contributed by atoms with Gasteiger partial charge in [0.15, 0.2) is 6.61 Å². The molecule has 0 saturated heterocycles. The van der Waals surface area contributed by atoms with Crippen LogP contribution in [0.15, 0.2) is 6.07 Å². The Morgan fingerprint density at radius 3 is 2.41 bits per heavy atom. The highest BCUT2D eigenvalue weighted by Gasteiger charge is 2.15. The van der Waals surface area contributed by atoms with Crippen LogP contribution in [0, 0.1) is 13.8 Å². The highest BCUT2D eigenvalue weighted by Crippen LogP contribution is 2.34. The van der Waals surface area contributed by atoms with E-state index in [1.807, 2.05) is 0 Å². The van der Waals surface area contributed by atoms with Crippen molar-refractivity contribution in [2.45, 2.75) is 27.7 Å². The normalized spacial score (nSPS) is 10.0. The molecule has 0 aliphatic carbocycles. The lowest BCUT2D eigenvalue weighted by atomic mass is 10.1. The number of nitrogen functional groups attached to an aromatic ring is 1. The number of ether oxygens (including phenoxy) is 3. The van der Waals surface area contributed by atoms with E-state index in [2.05, 4.69) is 5.32 Å². The standard InChI is InChI=1S/C15H22N2O5/c1-5-20-12(18)8-22-14-9(3)7-11(13(16)10(14)4)17-15(19)21-6-2/h7H,5-6,8,16H2,1-4H3,(H,17,19). The molecule has 0 unspecified atom stereocenters. The first-order valence-corrected chi connectivity index (χ1v) is 7.02. The smallest absolute Gasteiger partial charge is 0.411 e. The second-order valence-corrected chi connectivity index (χ2v) is 4.55. The minimum atomic E-state index is -0.576. The van der Waals surface area contributed by atoms with Crippen molar-refractivity contribution in [1.29, 1.82) is 0 Å². The Kier molecular flexibility index (Phi) is 6.49. The van der Waals surface area contributed by atoms with Gasteiger partial charge in [0.1, 0.15) is 5.75 Å². The van der Waals surface area contributed by atoms with Crippen LogP contribution in [0.3, 0.4) is 0 Å². The first-order chi connectivity index (χ1) is 10.4. The number of hydrogen-bond acceptors (Lipinski definition) is 6. The third-order valence-corrected chi connectivity index (χ3v) is 2.91. The Labute approximate surface area is 129 Å². The van der Waals surface area contributed by atoms with Gasteiger partial charge in [0.25, 0.3) is 0 Å². The Balaban J connectivity index is 2.91. The van der Waals surface area contributed by atoms with Crippen molar-refractivity contribution < 1.29 is 23.8 Å². The lowest BCUT2D eigenvalue weighted by Crippen LogP contribution is -2.17. The van der Waals surface area contributed by atoms with Crippen molar-refractivity contribution in [2.75, 3.05) is 30.9 Å². The van der Waals surface area contributed by atoms with Crippen LogP contribution in [0.25, 0.3) is 0 Å². The Morgan fingerprint density at radius 1 is 1.18 bits per heavy atom. The number of rotatable bonds is 6. The van der Waals surface area contributed by atoms with E-state index in [1.54, 1.807) is 33.8 Å². The number of amides is 1. The zero-order chi connectivity index (χ0) is 16.7. The molecule has 7 nitrogen and oxygen atoms in total. The van der Waals surface area contributed by atoms with E-state index in [0.717, 1.165) is 5.56 Å². The minimum Gasteiger partial charge on any atom is -0.481 e. The average molecular weight is 310 g/mol. The first kappa shape index (κ1) is 17.6. The molecule has 0 aromatic heterocycles. The molecule has 1 amide bonds. The van der Waals surface area contributed by atoms with Gasteiger partial charge < -0.3 is 19.9 Å². The first-order valence-electron chi connectivity index (χ1n) is 7.02. The van der Waals surface area contributed by atoms with Crippen LogP contribution < -0.4 is 15.8 Å². The molecular weight excluding hydrogens is 288 g/mol. The van der Waals surface area contributed by atoms with Gasteiger partial charge in [0, 0.05) is 5.56 Å². The summed E-state index contributed by atoms with van der Waals surface area (Å²) >= 11 is 0. The summed E-state index contributed by atoms with van der Waals surface area (Å²) in [7, 11) is 0. The van der Waals surface area contributed by atoms with E-state index >= 15 is 0 Å². The van der Waals surface area contributed by atoms with Crippen molar-refractivity contribution in [3.05, 3.63) is 17.2 Å². The molecule has 0 fully saturated rings. The van der Waals surface area contributed by atoms with Crippen molar-refractivity contribution in [3.63, 3.8) is 0 Å². The lowest BCUT2D eigenvalue weighted by Gasteiger charge is -2.17. The highest BCUT2D eigenvalue weighted by atomic mass is 16.6. The van der Waals surface area contributed by atoms with Crippen LogP contribution in [0.5, 0.6) is 5.75 Å². The zero-order valence-corrected chi connectivity index (χ0v) is 13.3. The largest absolute Gasteiger partial charge is 0.481 e. The maximum absolute atomic E-state index is 11.5. The van der Waals surface area contributed by atoms with Gasteiger partial charge in [-0.05, 0) is 39.3 Å². The van der Waals surface area contributed by atoms with Crippen LogP contribution in [0.2, 0.25) is 0 Å². The molecule has 0 heterocycles. The molecule has 0 spiro atoms. The number of carbonyl (C=O) groups excluding carboxylic acids is 2. The SMILES string of the molecule is CCOC(=O)COc1c(C)cc(NC(=O)OCC)c(N)c1C. The van der Waals surface area contributed by atoms with Crippen molar-refractivity contribution in [3.8, 4) is 5.75 Å². The Bertz CT molecular complexity index is 557. The summed E-state index contributed by atoms with van der Waals surface area (Å²) in [5.41, 5.74) is 8.17. The molecule has 7 heteroatoms. The fraction of sp³-hybridized carbons (Fsp3) is 0.467. The topological polar surface area (TPSA) is 99.9 Å². The maximum Gasteiger partial charge on any atom is 0.411 e. The van der Waals surface area contributed by atoms with Gasteiger partial charge in [-0.1, -0.05) is 0 Å². The lowest BCUT2D eigenvalue weighted by molar-refractivity contribution is -0.145. The maximum atomic E-state index is 11.5. The molecule has 0 saturated carbocycles. The minimum absolute atomic E-state index is 0.195. The number of esters is 1. The van der Waals surface area contributed by atoms with E-state index in [9.17, 15) is 9.59 Å². The van der Waals surface area contributed by atoms with Gasteiger partial charge >= 0.3 is 12.1 Å². The monoisotopic (exact) mass is 310 g/mol. The molecule has 0 atom stereocenters. The predicted molar refractivity (Wildman–Crippen MR) is 83.1 cm³/mol. The molecule has 3 N–H and O–H groups in total.